The summed E-state index contributed by atoms with van der Waals surface area (Å²) in [6, 6.07) is 25.5. The number of nitrogens with one attached hydrogen (secondary N) is 1. The van der Waals surface area contributed by atoms with Gasteiger partial charge in [0.25, 0.3) is 5.91 Å². The van der Waals surface area contributed by atoms with Gasteiger partial charge in [0.05, 0.1) is 10.6 Å². The molecule has 0 bridgehead atoms. The Bertz CT molecular complexity index is 1270. The van der Waals surface area contributed by atoms with Gasteiger partial charge in [-0.05, 0) is 75.3 Å². The van der Waals surface area contributed by atoms with Gasteiger partial charge in [-0.2, -0.15) is 0 Å². The maximum absolute atomic E-state index is 13.1. The van der Waals surface area contributed by atoms with Crippen LogP contribution in [0.25, 0.3) is 27.6 Å². The maximum atomic E-state index is 13.1. The molecule has 0 radical (unpaired) electrons. The lowest BCUT2D eigenvalue weighted by Gasteiger charge is -2.14. The largest absolute Gasteiger partial charge is 0.278 e. The first-order valence-corrected chi connectivity index (χ1v) is 10.3. The molecule has 4 aromatic rings. The van der Waals surface area contributed by atoms with Gasteiger partial charge in [-0.15, -0.1) is 0 Å². The summed E-state index contributed by atoms with van der Waals surface area (Å²) in [5.41, 5.74) is 1.64. The number of carbonyl (C=O) groups is 1. The first kappa shape index (κ1) is 18.0. The lowest BCUT2D eigenvalue weighted by Crippen LogP contribution is -2.27. The van der Waals surface area contributed by atoms with Gasteiger partial charge in [0.1, 0.15) is 0 Å². The molecule has 1 fully saturated rings. The number of benzene rings is 4. The lowest BCUT2D eigenvalue weighted by molar-refractivity contribution is -0.113. The van der Waals surface area contributed by atoms with Gasteiger partial charge in [-0.25, -0.2) is 0 Å². The van der Waals surface area contributed by atoms with E-state index < -0.39 is 0 Å². The zero-order chi connectivity index (χ0) is 20.0. The van der Waals surface area contributed by atoms with Gasteiger partial charge >= 0.3 is 0 Å². The fraction of sp³-hybridized carbons (Fsp3) is 0. The van der Waals surface area contributed by atoms with Crippen molar-refractivity contribution in [1.29, 1.82) is 5.41 Å². The van der Waals surface area contributed by atoms with Crippen LogP contribution >= 0.6 is 23.4 Å². The minimum absolute atomic E-state index is 0.188. The number of rotatable bonds is 2. The predicted octanol–water partition coefficient (Wildman–Crippen LogP) is 6.70. The highest BCUT2D eigenvalue weighted by molar-refractivity contribution is 8.19. The SMILES string of the molecule is N=C1S/C(=C\c2c3ccccc3cc3ccccc23)C(=O)N1c1ccc(Cl)cc1. The molecule has 0 saturated carbocycles. The molecule has 1 amide bonds. The summed E-state index contributed by atoms with van der Waals surface area (Å²) in [6.45, 7) is 0. The van der Waals surface area contributed by atoms with E-state index in [1.165, 1.54) is 16.7 Å². The molecule has 1 saturated heterocycles. The molecule has 140 valence electrons. The fourth-order valence-electron chi connectivity index (χ4n) is 3.65. The summed E-state index contributed by atoms with van der Waals surface area (Å²) in [4.78, 5) is 15.1. The van der Waals surface area contributed by atoms with Crippen LogP contribution in [0.15, 0.2) is 83.8 Å². The van der Waals surface area contributed by atoms with Crippen LogP contribution in [0.5, 0.6) is 0 Å². The molecule has 29 heavy (non-hydrogen) atoms. The number of fused-ring (bicyclic) bond motifs is 2. The highest BCUT2D eigenvalue weighted by Gasteiger charge is 2.33. The lowest BCUT2D eigenvalue weighted by atomic mass is 9.96. The van der Waals surface area contributed by atoms with Crippen LogP contribution in [0.3, 0.4) is 0 Å². The minimum atomic E-state index is -0.195. The molecular weight excluding hydrogens is 400 g/mol. The number of hydrogen-bond donors (Lipinski definition) is 1. The third-order valence-corrected chi connectivity index (χ3v) is 6.14. The Kier molecular flexibility index (Phi) is 4.38. The van der Waals surface area contributed by atoms with Crippen LogP contribution in [-0.4, -0.2) is 11.1 Å². The van der Waals surface area contributed by atoms with Crippen molar-refractivity contribution in [3.8, 4) is 0 Å². The second kappa shape index (κ2) is 7.07. The number of anilines is 1. The molecule has 1 N–H and O–H groups in total. The Labute approximate surface area is 177 Å². The summed E-state index contributed by atoms with van der Waals surface area (Å²) in [5.74, 6) is -0.195. The fourth-order valence-corrected chi connectivity index (χ4v) is 4.62. The summed E-state index contributed by atoms with van der Waals surface area (Å²) in [5, 5.41) is 13.5. The molecule has 5 heteroatoms. The smallest absolute Gasteiger partial charge is 0.271 e. The highest BCUT2D eigenvalue weighted by atomic mass is 35.5. The summed E-state index contributed by atoms with van der Waals surface area (Å²) in [7, 11) is 0. The Hall–Kier alpha value is -3.08. The molecule has 1 heterocycles. The third-order valence-electron chi connectivity index (χ3n) is 5.00. The summed E-state index contributed by atoms with van der Waals surface area (Å²) in [6.07, 6.45) is 1.92. The highest BCUT2D eigenvalue weighted by Crippen LogP contribution is 2.38. The van der Waals surface area contributed by atoms with Crippen LogP contribution < -0.4 is 4.90 Å². The van der Waals surface area contributed by atoms with Gasteiger partial charge in [0.15, 0.2) is 5.17 Å². The van der Waals surface area contributed by atoms with Crippen molar-refractivity contribution < 1.29 is 4.79 Å². The number of carbonyl (C=O) groups excluding carboxylic acids is 1. The van der Waals surface area contributed by atoms with E-state index in [-0.39, 0.29) is 11.1 Å². The van der Waals surface area contributed by atoms with Crippen molar-refractivity contribution in [2.75, 3.05) is 4.90 Å². The van der Waals surface area contributed by atoms with E-state index >= 15 is 0 Å². The topological polar surface area (TPSA) is 44.2 Å². The van der Waals surface area contributed by atoms with Gasteiger partial charge in [-0.3, -0.25) is 15.1 Å². The average molecular weight is 415 g/mol. The van der Waals surface area contributed by atoms with E-state index in [9.17, 15) is 4.79 Å². The van der Waals surface area contributed by atoms with Gasteiger partial charge in [-0.1, -0.05) is 60.1 Å². The molecule has 0 aliphatic carbocycles. The quantitative estimate of drug-likeness (QED) is 0.293. The number of halogens is 1. The molecule has 0 unspecified atom stereocenters. The number of hydrogen-bond acceptors (Lipinski definition) is 3. The Morgan fingerprint density at radius 2 is 1.45 bits per heavy atom. The monoisotopic (exact) mass is 414 g/mol. The van der Waals surface area contributed by atoms with Crippen LogP contribution in [0.1, 0.15) is 5.56 Å². The average Bonchev–Trinajstić information content (AvgIpc) is 3.01. The first-order valence-electron chi connectivity index (χ1n) is 9.10. The van der Waals surface area contributed by atoms with Crippen molar-refractivity contribution in [1.82, 2.24) is 0 Å². The van der Waals surface area contributed by atoms with Crippen LogP contribution in [0.2, 0.25) is 5.02 Å². The number of amidine groups is 1. The van der Waals surface area contributed by atoms with Crippen LogP contribution in [0, 0.1) is 5.41 Å². The molecule has 0 spiro atoms. The van der Waals surface area contributed by atoms with E-state index in [4.69, 9.17) is 17.0 Å². The third kappa shape index (κ3) is 3.11. The maximum Gasteiger partial charge on any atom is 0.271 e. The first-order chi connectivity index (χ1) is 14.1. The second-order valence-electron chi connectivity index (χ2n) is 6.77. The Morgan fingerprint density at radius 1 is 0.862 bits per heavy atom. The van der Waals surface area contributed by atoms with E-state index in [0.717, 1.165) is 27.1 Å². The van der Waals surface area contributed by atoms with E-state index in [1.54, 1.807) is 24.3 Å². The number of thioether (sulfide) groups is 1. The van der Waals surface area contributed by atoms with Crippen molar-refractivity contribution in [3.63, 3.8) is 0 Å². The second-order valence-corrected chi connectivity index (χ2v) is 8.23. The van der Waals surface area contributed by atoms with Crippen molar-refractivity contribution >= 4 is 67.7 Å². The minimum Gasteiger partial charge on any atom is -0.278 e. The standard InChI is InChI=1S/C24H15ClN2OS/c25-17-9-11-18(12-10-17)27-23(28)22(29-24(27)26)14-21-19-7-3-1-5-15(19)13-16-6-2-4-8-20(16)21/h1-14,26H/b22-14-,26-24?. The zero-order valence-corrected chi connectivity index (χ0v) is 16.8. The summed E-state index contributed by atoms with van der Waals surface area (Å²) < 4.78 is 0. The van der Waals surface area contributed by atoms with Gasteiger partial charge in [0, 0.05) is 5.02 Å². The van der Waals surface area contributed by atoms with Crippen LogP contribution in [0.4, 0.5) is 5.69 Å². The van der Waals surface area contributed by atoms with Gasteiger partial charge in [0.2, 0.25) is 0 Å². The molecule has 0 aromatic heterocycles. The Balaban J connectivity index is 1.67. The van der Waals surface area contributed by atoms with E-state index in [0.29, 0.717) is 15.6 Å². The molecule has 1 aliphatic heterocycles. The van der Waals surface area contributed by atoms with Crippen LogP contribution in [-0.2, 0) is 4.79 Å². The van der Waals surface area contributed by atoms with E-state index in [1.807, 2.05) is 30.3 Å². The molecular formula is C24H15ClN2OS. The number of amides is 1. The Morgan fingerprint density at radius 3 is 2.07 bits per heavy atom. The molecule has 1 aliphatic rings. The summed E-state index contributed by atoms with van der Waals surface area (Å²) >= 11 is 7.14. The predicted molar refractivity (Wildman–Crippen MR) is 124 cm³/mol. The van der Waals surface area contributed by atoms with E-state index in [2.05, 4.69) is 30.3 Å². The molecule has 5 rings (SSSR count). The molecule has 0 atom stereocenters. The number of nitrogens with zero attached hydrogens (tertiary/aromatic N) is 1. The normalized spacial score (nSPS) is 15.8. The van der Waals surface area contributed by atoms with Crippen molar-refractivity contribution in [2.45, 2.75) is 0 Å². The zero-order valence-electron chi connectivity index (χ0n) is 15.2. The molecule has 4 aromatic carbocycles. The molecule has 3 nitrogen and oxygen atoms in total. The van der Waals surface area contributed by atoms with Gasteiger partial charge < -0.3 is 0 Å². The van der Waals surface area contributed by atoms with Crippen molar-refractivity contribution in [2.24, 2.45) is 0 Å². The van der Waals surface area contributed by atoms with Crippen molar-refractivity contribution in [3.05, 3.63) is 94.4 Å².